The van der Waals surface area contributed by atoms with Gasteiger partial charge in [-0.15, -0.1) is 11.3 Å². The zero-order chi connectivity index (χ0) is 21.1. The van der Waals surface area contributed by atoms with E-state index in [-0.39, 0.29) is 17.7 Å². The van der Waals surface area contributed by atoms with Gasteiger partial charge in [0.05, 0.1) is 12.2 Å². The number of carbonyl (C=O) groups excluding carboxylic acids is 2. The fourth-order valence-electron chi connectivity index (χ4n) is 4.22. The fraction of sp³-hybridized carbons (Fsp3) is 0.522. The van der Waals surface area contributed by atoms with E-state index in [0.29, 0.717) is 11.7 Å². The van der Waals surface area contributed by atoms with Gasteiger partial charge in [0, 0.05) is 29.1 Å². The minimum atomic E-state index is -0.00495. The van der Waals surface area contributed by atoms with Crippen LogP contribution in [0.4, 0.5) is 10.8 Å². The third kappa shape index (κ3) is 4.73. The first-order valence-electron chi connectivity index (χ1n) is 10.9. The Morgan fingerprint density at radius 3 is 2.63 bits per heavy atom. The van der Waals surface area contributed by atoms with E-state index >= 15 is 0 Å². The molecule has 0 saturated carbocycles. The molecule has 6 nitrogen and oxygen atoms in total. The molecule has 0 radical (unpaired) electrons. The van der Waals surface area contributed by atoms with Crippen molar-refractivity contribution in [3.63, 3.8) is 0 Å². The number of anilines is 2. The monoisotopic (exact) mass is 426 g/mol. The molecule has 4 rings (SSSR count). The highest BCUT2D eigenvalue weighted by molar-refractivity contribution is 7.14. The lowest BCUT2D eigenvalue weighted by molar-refractivity contribution is -0.121. The van der Waals surface area contributed by atoms with Gasteiger partial charge in [-0.2, -0.15) is 0 Å². The first-order chi connectivity index (χ1) is 14.5. The second-order valence-electron chi connectivity index (χ2n) is 8.51. The molecule has 7 heteroatoms. The van der Waals surface area contributed by atoms with E-state index in [1.54, 1.807) is 0 Å². The number of likely N-dealkylation sites (tertiary alicyclic amines) is 1. The summed E-state index contributed by atoms with van der Waals surface area (Å²) < 4.78 is 0. The van der Waals surface area contributed by atoms with E-state index in [9.17, 15) is 9.59 Å². The molecule has 1 aromatic carbocycles. The lowest BCUT2D eigenvalue weighted by atomic mass is 10.1. The molecule has 2 aromatic rings. The molecule has 2 aliphatic rings. The Balaban J connectivity index is 1.40. The summed E-state index contributed by atoms with van der Waals surface area (Å²) in [5.74, 6) is 0.175. The molecule has 1 fully saturated rings. The molecule has 1 saturated heterocycles. The minimum Gasteiger partial charge on any atom is -0.312 e. The van der Waals surface area contributed by atoms with Crippen molar-refractivity contribution in [3.05, 3.63) is 29.1 Å². The van der Waals surface area contributed by atoms with Gasteiger partial charge in [-0.3, -0.25) is 14.5 Å². The Morgan fingerprint density at radius 2 is 1.90 bits per heavy atom. The Hall–Kier alpha value is -2.25. The van der Waals surface area contributed by atoms with Crippen LogP contribution in [0.25, 0.3) is 11.3 Å². The van der Waals surface area contributed by atoms with E-state index in [0.717, 1.165) is 43.0 Å². The number of rotatable bonds is 5. The van der Waals surface area contributed by atoms with Crippen LogP contribution in [-0.2, 0) is 16.0 Å². The third-order valence-electron chi connectivity index (χ3n) is 5.85. The van der Waals surface area contributed by atoms with Crippen molar-refractivity contribution < 1.29 is 9.59 Å². The van der Waals surface area contributed by atoms with Crippen LogP contribution < -0.4 is 10.2 Å². The van der Waals surface area contributed by atoms with E-state index in [1.165, 1.54) is 42.6 Å². The normalized spacial score (nSPS) is 17.1. The Labute approximate surface area is 182 Å². The number of nitrogens with one attached hydrogen (secondary N) is 1. The minimum absolute atomic E-state index is 0.00495. The zero-order valence-electron chi connectivity index (χ0n) is 17.8. The number of amides is 2. The topological polar surface area (TPSA) is 65.5 Å². The van der Waals surface area contributed by atoms with E-state index in [4.69, 9.17) is 0 Å². The van der Waals surface area contributed by atoms with Crippen LogP contribution in [0.1, 0.15) is 45.1 Å². The first kappa shape index (κ1) is 21.0. The number of nitrogens with zero attached hydrogens (tertiary/aromatic N) is 3. The van der Waals surface area contributed by atoms with Crippen molar-refractivity contribution in [2.75, 3.05) is 36.4 Å². The van der Waals surface area contributed by atoms with Gasteiger partial charge < -0.3 is 10.2 Å². The molecule has 30 heavy (non-hydrogen) atoms. The number of benzene rings is 1. The second kappa shape index (κ2) is 9.27. The third-order valence-corrected chi connectivity index (χ3v) is 6.60. The Morgan fingerprint density at radius 1 is 1.13 bits per heavy atom. The molecule has 2 amide bonds. The van der Waals surface area contributed by atoms with Gasteiger partial charge in [0.25, 0.3) is 0 Å². The Bertz CT molecular complexity index is 916. The average Bonchev–Trinajstić information content (AvgIpc) is 3.28. The molecule has 2 aliphatic heterocycles. The number of aromatic nitrogens is 1. The molecule has 160 valence electrons. The van der Waals surface area contributed by atoms with Gasteiger partial charge >= 0.3 is 0 Å². The van der Waals surface area contributed by atoms with Gasteiger partial charge in [0.1, 0.15) is 0 Å². The molecule has 0 spiro atoms. The largest absolute Gasteiger partial charge is 0.312 e. The maximum atomic E-state index is 12.4. The van der Waals surface area contributed by atoms with Crippen molar-refractivity contribution in [1.29, 1.82) is 0 Å². The van der Waals surface area contributed by atoms with Crippen LogP contribution in [0.2, 0.25) is 0 Å². The van der Waals surface area contributed by atoms with Gasteiger partial charge in [0.15, 0.2) is 5.13 Å². The molecule has 0 bridgehead atoms. The van der Waals surface area contributed by atoms with Crippen LogP contribution >= 0.6 is 11.3 Å². The lowest BCUT2D eigenvalue weighted by Gasteiger charge is -2.19. The van der Waals surface area contributed by atoms with E-state index in [1.807, 2.05) is 36.3 Å². The molecule has 1 N–H and O–H groups in total. The highest BCUT2D eigenvalue weighted by Gasteiger charge is 2.26. The summed E-state index contributed by atoms with van der Waals surface area (Å²) in [4.78, 5) is 33.6. The summed E-state index contributed by atoms with van der Waals surface area (Å²) in [7, 11) is 0. The van der Waals surface area contributed by atoms with Gasteiger partial charge in [-0.25, -0.2) is 4.98 Å². The first-order valence-corrected chi connectivity index (χ1v) is 11.8. The van der Waals surface area contributed by atoms with Crippen molar-refractivity contribution in [2.24, 2.45) is 5.92 Å². The smallest absolute Gasteiger partial charge is 0.240 e. The fourth-order valence-corrected chi connectivity index (χ4v) is 4.96. The number of hydrogen-bond donors (Lipinski definition) is 1. The highest BCUT2D eigenvalue weighted by atomic mass is 32.1. The predicted molar refractivity (Wildman–Crippen MR) is 122 cm³/mol. The standard InChI is InChI=1S/C23H30N4O2S/c1-16(2)22(29)27-12-9-18-13-17(7-8-20(18)27)19-15-30-23(24-19)25-21(28)14-26-10-5-3-4-6-11-26/h7-8,13,15-16H,3-6,9-12,14H2,1-2H3,(H,24,25,28). The molecular formula is C23H30N4O2S. The lowest BCUT2D eigenvalue weighted by Crippen LogP contribution is -2.33. The molecule has 3 heterocycles. The number of fused-ring (bicyclic) bond motifs is 1. The van der Waals surface area contributed by atoms with E-state index in [2.05, 4.69) is 21.3 Å². The van der Waals surface area contributed by atoms with Crippen molar-refractivity contribution in [1.82, 2.24) is 9.88 Å². The molecule has 0 unspecified atom stereocenters. The number of carbonyl (C=O) groups is 2. The summed E-state index contributed by atoms with van der Waals surface area (Å²) in [6.07, 6.45) is 5.74. The van der Waals surface area contributed by atoms with E-state index < -0.39 is 0 Å². The highest BCUT2D eigenvalue weighted by Crippen LogP contribution is 2.34. The summed E-state index contributed by atoms with van der Waals surface area (Å²) >= 11 is 1.46. The quantitative estimate of drug-likeness (QED) is 0.779. The molecule has 0 atom stereocenters. The summed E-state index contributed by atoms with van der Waals surface area (Å²) in [5, 5.41) is 5.58. The van der Waals surface area contributed by atoms with Crippen molar-refractivity contribution in [3.8, 4) is 11.3 Å². The van der Waals surface area contributed by atoms with Crippen LogP contribution in [-0.4, -0.2) is 47.9 Å². The van der Waals surface area contributed by atoms with Gasteiger partial charge in [-0.1, -0.05) is 32.8 Å². The predicted octanol–water partition coefficient (Wildman–Crippen LogP) is 4.17. The van der Waals surface area contributed by atoms with Crippen molar-refractivity contribution in [2.45, 2.75) is 46.0 Å². The Kier molecular flexibility index (Phi) is 6.49. The second-order valence-corrected chi connectivity index (χ2v) is 9.37. The maximum Gasteiger partial charge on any atom is 0.240 e. The van der Waals surface area contributed by atoms with Crippen LogP contribution in [0.15, 0.2) is 23.6 Å². The van der Waals surface area contributed by atoms with Crippen molar-refractivity contribution >= 4 is 34.0 Å². The maximum absolute atomic E-state index is 12.4. The summed E-state index contributed by atoms with van der Waals surface area (Å²) in [6.45, 7) is 7.06. The summed E-state index contributed by atoms with van der Waals surface area (Å²) in [6, 6.07) is 6.17. The number of hydrogen-bond acceptors (Lipinski definition) is 5. The SMILES string of the molecule is CC(C)C(=O)N1CCc2cc(-c3csc(NC(=O)CN4CCCCCC4)n3)ccc21. The average molecular weight is 427 g/mol. The molecule has 1 aromatic heterocycles. The van der Waals surface area contributed by atoms with Gasteiger partial charge in [-0.05, 0) is 50.0 Å². The van der Waals surface area contributed by atoms with Gasteiger partial charge in [0.2, 0.25) is 11.8 Å². The number of thiazole rings is 1. The summed E-state index contributed by atoms with van der Waals surface area (Å²) in [5.41, 5.74) is 4.08. The van der Waals surface area contributed by atoms with Crippen LogP contribution in [0.5, 0.6) is 0 Å². The molecule has 0 aliphatic carbocycles. The molecular weight excluding hydrogens is 396 g/mol. The van der Waals surface area contributed by atoms with Crippen LogP contribution in [0.3, 0.4) is 0 Å². The van der Waals surface area contributed by atoms with Crippen LogP contribution in [0, 0.1) is 5.92 Å². The zero-order valence-corrected chi connectivity index (χ0v) is 18.6.